The predicted molar refractivity (Wildman–Crippen MR) is 77.0 cm³/mol. The molecule has 3 aliphatic rings. The molecule has 0 saturated carbocycles. The first-order chi connectivity index (χ1) is 9.67. The highest BCUT2D eigenvalue weighted by molar-refractivity contribution is 8.00. The lowest BCUT2D eigenvalue weighted by Crippen LogP contribution is -2.42. The average molecular weight is 290 g/mol. The Kier molecular flexibility index (Phi) is 2.86. The summed E-state index contributed by atoms with van der Waals surface area (Å²) in [5.41, 5.74) is 0.731. The maximum atomic E-state index is 11.9. The molecular formula is C16H18O3S. The van der Waals surface area contributed by atoms with E-state index in [9.17, 15) is 9.90 Å². The third-order valence-corrected chi connectivity index (χ3v) is 6.37. The Morgan fingerprint density at radius 3 is 2.90 bits per heavy atom. The maximum Gasteiger partial charge on any atom is 0.312 e. The number of hydrogen-bond donors (Lipinski definition) is 1. The molecule has 4 heteroatoms. The molecule has 3 aliphatic heterocycles. The molecule has 0 amide bonds. The first-order valence-electron chi connectivity index (χ1n) is 7.31. The monoisotopic (exact) mass is 290 g/mol. The molecule has 3 nitrogen and oxygen atoms in total. The van der Waals surface area contributed by atoms with E-state index in [1.54, 1.807) is 0 Å². The van der Waals surface area contributed by atoms with E-state index in [1.165, 1.54) is 10.5 Å². The Balaban J connectivity index is 1.55. The fourth-order valence-corrected chi connectivity index (χ4v) is 5.56. The number of thioether (sulfide) groups is 1. The zero-order valence-corrected chi connectivity index (χ0v) is 12.1. The number of ether oxygens (including phenoxy) is 1. The van der Waals surface area contributed by atoms with Gasteiger partial charge in [-0.25, -0.2) is 0 Å². The van der Waals surface area contributed by atoms with Crippen LogP contribution in [0.5, 0.6) is 0 Å². The van der Waals surface area contributed by atoms with Gasteiger partial charge in [0.05, 0.1) is 17.6 Å². The van der Waals surface area contributed by atoms with Crippen molar-refractivity contribution in [1.82, 2.24) is 0 Å². The van der Waals surface area contributed by atoms with Gasteiger partial charge in [0.2, 0.25) is 0 Å². The van der Waals surface area contributed by atoms with Gasteiger partial charge in [-0.05, 0) is 43.7 Å². The molecule has 1 aromatic rings. The van der Waals surface area contributed by atoms with Crippen LogP contribution in [0.25, 0.3) is 0 Å². The number of benzene rings is 1. The van der Waals surface area contributed by atoms with Gasteiger partial charge in [0.25, 0.3) is 0 Å². The molecule has 2 saturated heterocycles. The van der Waals surface area contributed by atoms with Crippen molar-refractivity contribution in [2.45, 2.75) is 54.5 Å². The molecule has 4 unspecified atom stereocenters. The second-order valence-corrected chi connectivity index (χ2v) is 7.59. The van der Waals surface area contributed by atoms with Crippen molar-refractivity contribution >= 4 is 17.7 Å². The Morgan fingerprint density at radius 2 is 2.25 bits per heavy atom. The lowest BCUT2D eigenvalue weighted by atomic mass is 9.70. The Bertz CT molecular complexity index is 533. The van der Waals surface area contributed by atoms with E-state index in [4.69, 9.17) is 4.74 Å². The van der Waals surface area contributed by atoms with Crippen LogP contribution in [0.4, 0.5) is 0 Å². The van der Waals surface area contributed by atoms with Crippen molar-refractivity contribution in [1.29, 1.82) is 0 Å². The van der Waals surface area contributed by atoms with Crippen molar-refractivity contribution in [2.75, 3.05) is 0 Å². The molecule has 3 heterocycles. The maximum absolute atomic E-state index is 11.9. The number of rotatable bonds is 3. The number of hydrogen-bond acceptors (Lipinski definition) is 3. The number of aliphatic carboxylic acids is 1. The summed E-state index contributed by atoms with van der Waals surface area (Å²) in [4.78, 5) is 13.2. The molecule has 4 atom stereocenters. The predicted octanol–water partition coefficient (Wildman–Crippen LogP) is 3.12. The second kappa shape index (κ2) is 4.50. The van der Waals surface area contributed by atoms with Crippen molar-refractivity contribution in [3.63, 3.8) is 0 Å². The van der Waals surface area contributed by atoms with Crippen LogP contribution in [0.2, 0.25) is 0 Å². The van der Waals surface area contributed by atoms with Gasteiger partial charge in [-0.2, -0.15) is 0 Å². The van der Waals surface area contributed by atoms with Gasteiger partial charge in [0.15, 0.2) is 0 Å². The smallest absolute Gasteiger partial charge is 0.312 e. The molecular weight excluding hydrogens is 272 g/mol. The summed E-state index contributed by atoms with van der Waals surface area (Å²) in [5.74, 6) is -0.652. The van der Waals surface area contributed by atoms with Crippen LogP contribution < -0.4 is 0 Å². The largest absolute Gasteiger partial charge is 0.481 e. The van der Waals surface area contributed by atoms with Crippen LogP contribution in [-0.2, 0) is 16.0 Å². The summed E-state index contributed by atoms with van der Waals surface area (Å²) in [6, 6.07) is 8.43. The van der Waals surface area contributed by atoms with E-state index in [2.05, 4.69) is 24.3 Å². The Morgan fingerprint density at radius 1 is 1.40 bits per heavy atom. The van der Waals surface area contributed by atoms with Gasteiger partial charge in [-0.1, -0.05) is 18.2 Å². The zero-order valence-electron chi connectivity index (χ0n) is 11.2. The third-order valence-electron chi connectivity index (χ3n) is 5.05. The SMILES string of the molecule is O=C(O)C1(CC2Cc3ccccc3S2)CC2CCC1O2. The minimum atomic E-state index is -0.652. The minimum absolute atomic E-state index is 0.0608. The normalized spacial score (nSPS) is 38.1. The van der Waals surface area contributed by atoms with Crippen LogP contribution in [0.15, 0.2) is 29.2 Å². The molecule has 20 heavy (non-hydrogen) atoms. The standard InChI is InChI=1S/C16H18O3S/c17-15(18)16(8-11-5-6-14(16)19-11)9-12-7-10-3-1-2-4-13(10)20-12/h1-4,11-12,14H,5-9H2,(H,17,18). The molecule has 2 bridgehead atoms. The number of carboxylic acids is 1. The summed E-state index contributed by atoms with van der Waals surface area (Å²) >= 11 is 1.85. The lowest BCUT2D eigenvalue weighted by molar-refractivity contribution is -0.152. The molecule has 4 rings (SSSR count). The topological polar surface area (TPSA) is 46.5 Å². The molecule has 1 aromatic carbocycles. The van der Waals surface area contributed by atoms with Crippen LogP contribution >= 0.6 is 11.8 Å². The summed E-state index contributed by atoms with van der Waals surface area (Å²) < 4.78 is 5.85. The first kappa shape index (κ1) is 12.7. The molecule has 0 aliphatic carbocycles. The fraction of sp³-hybridized carbons (Fsp3) is 0.562. The highest BCUT2D eigenvalue weighted by Gasteiger charge is 2.58. The first-order valence-corrected chi connectivity index (χ1v) is 8.19. The van der Waals surface area contributed by atoms with Gasteiger partial charge >= 0.3 is 5.97 Å². The van der Waals surface area contributed by atoms with E-state index < -0.39 is 11.4 Å². The van der Waals surface area contributed by atoms with E-state index in [0.29, 0.717) is 11.7 Å². The van der Waals surface area contributed by atoms with Crippen molar-refractivity contribution in [2.24, 2.45) is 5.41 Å². The van der Waals surface area contributed by atoms with Gasteiger partial charge in [-0.15, -0.1) is 11.8 Å². The van der Waals surface area contributed by atoms with Crippen molar-refractivity contribution in [3.8, 4) is 0 Å². The Hall–Kier alpha value is -1.00. The van der Waals surface area contributed by atoms with Crippen LogP contribution in [0, 0.1) is 5.41 Å². The molecule has 106 valence electrons. The van der Waals surface area contributed by atoms with Crippen LogP contribution in [0.1, 0.15) is 31.2 Å². The second-order valence-electron chi connectivity index (χ2n) is 6.25. The van der Waals surface area contributed by atoms with E-state index in [-0.39, 0.29) is 12.2 Å². The summed E-state index contributed by atoms with van der Waals surface area (Å²) in [5, 5.41) is 10.2. The van der Waals surface area contributed by atoms with Crippen LogP contribution in [-0.4, -0.2) is 28.5 Å². The fourth-order valence-electron chi connectivity index (χ4n) is 4.10. The minimum Gasteiger partial charge on any atom is -0.481 e. The summed E-state index contributed by atoms with van der Waals surface area (Å²) in [6.07, 6.45) is 4.52. The lowest BCUT2D eigenvalue weighted by Gasteiger charge is -2.32. The number of carbonyl (C=O) groups is 1. The molecule has 0 aromatic heterocycles. The van der Waals surface area contributed by atoms with E-state index >= 15 is 0 Å². The number of fused-ring (bicyclic) bond motifs is 3. The molecule has 0 radical (unpaired) electrons. The third kappa shape index (κ3) is 1.81. The molecule has 0 spiro atoms. The average Bonchev–Trinajstić information content (AvgIpc) is 3.10. The number of carboxylic acid groups (broad SMARTS) is 1. The van der Waals surface area contributed by atoms with Crippen molar-refractivity contribution in [3.05, 3.63) is 29.8 Å². The quantitative estimate of drug-likeness (QED) is 0.929. The highest BCUT2D eigenvalue weighted by atomic mass is 32.2. The van der Waals surface area contributed by atoms with E-state index in [0.717, 1.165) is 25.7 Å². The van der Waals surface area contributed by atoms with Gasteiger partial charge in [-0.3, -0.25) is 4.79 Å². The zero-order chi connectivity index (χ0) is 13.7. The molecule has 2 fully saturated rings. The van der Waals surface area contributed by atoms with Crippen LogP contribution in [0.3, 0.4) is 0 Å². The van der Waals surface area contributed by atoms with E-state index in [1.807, 2.05) is 11.8 Å². The van der Waals surface area contributed by atoms with Gasteiger partial charge < -0.3 is 9.84 Å². The van der Waals surface area contributed by atoms with Crippen molar-refractivity contribution < 1.29 is 14.6 Å². The molecule has 1 N–H and O–H groups in total. The Labute approximate surface area is 122 Å². The highest BCUT2D eigenvalue weighted by Crippen LogP contribution is 2.53. The van der Waals surface area contributed by atoms with Gasteiger partial charge in [0.1, 0.15) is 0 Å². The van der Waals surface area contributed by atoms with Gasteiger partial charge in [0, 0.05) is 10.1 Å². The summed E-state index contributed by atoms with van der Waals surface area (Å²) in [6.45, 7) is 0. The summed E-state index contributed by atoms with van der Waals surface area (Å²) in [7, 11) is 0.